The second kappa shape index (κ2) is 7.80. The van der Waals surface area contributed by atoms with Crippen LogP contribution in [0.4, 0.5) is 4.79 Å². The molecule has 1 saturated heterocycles. The van der Waals surface area contributed by atoms with Gasteiger partial charge >= 0.3 is 6.03 Å². The van der Waals surface area contributed by atoms with Crippen molar-refractivity contribution in [3.8, 4) is 5.75 Å². The Labute approximate surface area is 175 Å². The van der Waals surface area contributed by atoms with E-state index in [1.807, 2.05) is 73.7 Å². The summed E-state index contributed by atoms with van der Waals surface area (Å²) in [5, 5.41) is 15.2. The molecule has 3 aromatic rings. The van der Waals surface area contributed by atoms with Gasteiger partial charge in [0.05, 0.1) is 6.54 Å². The standard InChI is InChI=1S/C24H24N2O4/c1-16-10-12-18(13-11-16)24(2)22(28)26(23(29)25-24)14-19(27)15-30-21-9-5-7-17-6-3-4-8-20(17)21/h3-13,19,27H,14-15H2,1-2H3,(H,25,29)/t19-,24-/m0/s1. The second-order valence-electron chi connectivity index (χ2n) is 7.78. The first-order valence-electron chi connectivity index (χ1n) is 9.88. The molecule has 1 fully saturated rings. The van der Waals surface area contributed by atoms with Crippen molar-refractivity contribution < 1.29 is 19.4 Å². The Morgan fingerprint density at radius 1 is 1.03 bits per heavy atom. The monoisotopic (exact) mass is 404 g/mol. The molecule has 154 valence electrons. The molecule has 1 heterocycles. The number of imide groups is 1. The first-order chi connectivity index (χ1) is 14.4. The van der Waals surface area contributed by atoms with Gasteiger partial charge in [0, 0.05) is 5.39 Å². The maximum atomic E-state index is 13.0. The number of urea groups is 1. The van der Waals surface area contributed by atoms with Gasteiger partial charge in [0.25, 0.3) is 5.91 Å². The summed E-state index contributed by atoms with van der Waals surface area (Å²) in [5.41, 5.74) is 0.619. The molecule has 3 aromatic carbocycles. The van der Waals surface area contributed by atoms with Gasteiger partial charge in [0.1, 0.15) is 24.0 Å². The third-order valence-electron chi connectivity index (χ3n) is 5.48. The van der Waals surface area contributed by atoms with Gasteiger partial charge in [-0.3, -0.25) is 9.69 Å². The lowest BCUT2D eigenvalue weighted by molar-refractivity contribution is -0.132. The lowest BCUT2D eigenvalue weighted by atomic mass is 9.91. The van der Waals surface area contributed by atoms with Gasteiger partial charge in [-0.15, -0.1) is 0 Å². The van der Waals surface area contributed by atoms with Crippen LogP contribution in [0.15, 0.2) is 66.7 Å². The molecule has 0 bridgehead atoms. The van der Waals surface area contributed by atoms with Crippen LogP contribution in [0.5, 0.6) is 5.75 Å². The number of hydrogen-bond acceptors (Lipinski definition) is 4. The Hall–Kier alpha value is -3.38. The largest absolute Gasteiger partial charge is 0.490 e. The molecule has 2 atom stereocenters. The number of carbonyl (C=O) groups is 2. The molecule has 0 unspecified atom stereocenters. The average molecular weight is 404 g/mol. The van der Waals surface area contributed by atoms with Crippen LogP contribution >= 0.6 is 0 Å². The van der Waals surface area contributed by atoms with Crippen molar-refractivity contribution in [3.63, 3.8) is 0 Å². The van der Waals surface area contributed by atoms with Gasteiger partial charge in [-0.05, 0) is 30.9 Å². The highest BCUT2D eigenvalue weighted by atomic mass is 16.5. The third kappa shape index (κ3) is 3.62. The number of aliphatic hydroxyl groups excluding tert-OH is 1. The van der Waals surface area contributed by atoms with E-state index in [2.05, 4.69) is 5.32 Å². The van der Waals surface area contributed by atoms with E-state index in [-0.39, 0.29) is 19.1 Å². The quantitative estimate of drug-likeness (QED) is 0.618. The van der Waals surface area contributed by atoms with Crippen LogP contribution in [0.1, 0.15) is 18.1 Å². The summed E-state index contributed by atoms with van der Waals surface area (Å²) in [6, 6.07) is 20.4. The van der Waals surface area contributed by atoms with Crippen molar-refractivity contribution in [2.24, 2.45) is 0 Å². The minimum absolute atomic E-state index is 0.0354. The van der Waals surface area contributed by atoms with Crippen LogP contribution < -0.4 is 10.1 Å². The fraction of sp³-hybridized carbons (Fsp3) is 0.250. The molecule has 4 rings (SSSR count). The van der Waals surface area contributed by atoms with Gasteiger partial charge in [0.15, 0.2) is 0 Å². The Morgan fingerprint density at radius 2 is 1.73 bits per heavy atom. The van der Waals surface area contributed by atoms with Crippen LogP contribution in [0.2, 0.25) is 0 Å². The molecule has 0 spiro atoms. The Balaban J connectivity index is 1.44. The number of benzene rings is 3. The zero-order valence-electron chi connectivity index (χ0n) is 17.0. The van der Waals surface area contributed by atoms with Crippen LogP contribution in [-0.2, 0) is 10.3 Å². The molecule has 0 aliphatic carbocycles. The molecule has 0 radical (unpaired) electrons. The number of amides is 3. The summed E-state index contributed by atoms with van der Waals surface area (Å²) < 4.78 is 5.79. The van der Waals surface area contributed by atoms with Crippen molar-refractivity contribution in [2.45, 2.75) is 25.5 Å². The van der Waals surface area contributed by atoms with Crippen molar-refractivity contribution in [3.05, 3.63) is 77.9 Å². The number of β-amino-alcohol motifs (C(OH)–C–C–N with tert-alkyl or cyclic N) is 1. The molecule has 3 amide bonds. The number of rotatable bonds is 6. The van der Waals surface area contributed by atoms with E-state index < -0.39 is 17.7 Å². The van der Waals surface area contributed by atoms with E-state index in [4.69, 9.17) is 4.74 Å². The average Bonchev–Trinajstić information content (AvgIpc) is 2.96. The van der Waals surface area contributed by atoms with Crippen molar-refractivity contribution in [2.75, 3.05) is 13.2 Å². The molecule has 1 aliphatic heterocycles. The molecule has 6 nitrogen and oxygen atoms in total. The Morgan fingerprint density at radius 3 is 2.50 bits per heavy atom. The van der Waals surface area contributed by atoms with Crippen molar-refractivity contribution >= 4 is 22.7 Å². The topological polar surface area (TPSA) is 78.9 Å². The van der Waals surface area contributed by atoms with E-state index in [9.17, 15) is 14.7 Å². The van der Waals surface area contributed by atoms with E-state index >= 15 is 0 Å². The molecule has 6 heteroatoms. The molecule has 30 heavy (non-hydrogen) atoms. The number of hydrogen-bond donors (Lipinski definition) is 2. The number of nitrogens with zero attached hydrogens (tertiary/aromatic N) is 1. The predicted octanol–water partition coefficient (Wildman–Crippen LogP) is 3.36. The highest BCUT2D eigenvalue weighted by Gasteiger charge is 2.49. The first-order valence-corrected chi connectivity index (χ1v) is 9.88. The number of fused-ring (bicyclic) bond motifs is 1. The number of ether oxygens (including phenoxy) is 1. The predicted molar refractivity (Wildman–Crippen MR) is 114 cm³/mol. The van der Waals surface area contributed by atoms with Crippen LogP contribution in [-0.4, -0.2) is 41.2 Å². The Bertz CT molecular complexity index is 1090. The number of carbonyl (C=O) groups excluding carboxylic acids is 2. The highest BCUT2D eigenvalue weighted by Crippen LogP contribution is 2.29. The summed E-state index contributed by atoms with van der Waals surface area (Å²) in [7, 11) is 0. The third-order valence-corrected chi connectivity index (χ3v) is 5.48. The number of nitrogens with one attached hydrogen (secondary N) is 1. The SMILES string of the molecule is Cc1ccc([C@]2(C)NC(=O)N(C[C@H](O)COc3cccc4ccccc34)C2=O)cc1. The second-order valence-corrected chi connectivity index (χ2v) is 7.78. The summed E-state index contributed by atoms with van der Waals surface area (Å²) in [5.74, 6) is 0.259. The lowest BCUT2D eigenvalue weighted by Gasteiger charge is -2.23. The van der Waals surface area contributed by atoms with Gasteiger partial charge in [-0.1, -0.05) is 66.2 Å². The van der Waals surface area contributed by atoms with Gasteiger partial charge in [-0.2, -0.15) is 0 Å². The van der Waals surface area contributed by atoms with Crippen LogP contribution in [0, 0.1) is 6.92 Å². The summed E-state index contributed by atoms with van der Waals surface area (Å²) in [4.78, 5) is 26.5. The van der Waals surface area contributed by atoms with E-state index in [0.717, 1.165) is 21.2 Å². The molecular formula is C24H24N2O4. The van der Waals surface area contributed by atoms with Crippen LogP contribution in [0.3, 0.4) is 0 Å². The normalized spacial score (nSPS) is 19.8. The fourth-order valence-electron chi connectivity index (χ4n) is 3.72. The Kier molecular flexibility index (Phi) is 5.18. The highest BCUT2D eigenvalue weighted by molar-refractivity contribution is 6.07. The maximum Gasteiger partial charge on any atom is 0.325 e. The summed E-state index contributed by atoms with van der Waals surface area (Å²) in [6.07, 6.45) is -1.01. The molecule has 1 aliphatic rings. The zero-order chi connectivity index (χ0) is 21.3. The van der Waals surface area contributed by atoms with E-state index in [0.29, 0.717) is 11.3 Å². The molecule has 0 aromatic heterocycles. The van der Waals surface area contributed by atoms with Crippen LogP contribution in [0.25, 0.3) is 10.8 Å². The smallest absolute Gasteiger partial charge is 0.325 e. The number of aliphatic hydroxyl groups is 1. The van der Waals surface area contributed by atoms with Crippen molar-refractivity contribution in [1.29, 1.82) is 0 Å². The minimum atomic E-state index is -1.15. The van der Waals surface area contributed by atoms with E-state index in [1.165, 1.54) is 0 Å². The molecule has 0 saturated carbocycles. The van der Waals surface area contributed by atoms with Crippen molar-refractivity contribution in [1.82, 2.24) is 10.2 Å². The fourth-order valence-corrected chi connectivity index (χ4v) is 3.72. The maximum absolute atomic E-state index is 13.0. The van der Waals surface area contributed by atoms with Gasteiger partial charge in [0.2, 0.25) is 0 Å². The first kappa shape index (κ1) is 19.9. The molecular weight excluding hydrogens is 380 g/mol. The van der Waals surface area contributed by atoms with Gasteiger partial charge in [-0.25, -0.2) is 4.79 Å². The van der Waals surface area contributed by atoms with E-state index in [1.54, 1.807) is 6.92 Å². The minimum Gasteiger partial charge on any atom is -0.490 e. The molecule has 2 N–H and O–H groups in total. The van der Waals surface area contributed by atoms with Gasteiger partial charge < -0.3 is 15.2 Å². The number of aryl methyl sites for hydroxylation is 1. The summed E-state index contributed by atoms with van der Waals surface area (Å²) in [6.45, 7) is 3.46. The zero-order valence-corrected chi connectivity index (χ0v) is 17.0. The lowest BCUT2D eigenvalue weighted by Crippen LogP contribution is -2.42. The summed E-state index contributed by atoms with van der Waals surface area (Å²) >= 11 is 0.